The summed E-state index contributed by atoms with van der Waals surface area (Å²) in [6, 6.07) is 5.77. The zero-order valence-corrected chi connectivity index (χ0v) is 13.9. The van der Waals surface area contributed by atoms with Crippen molar-refractivity contribution in [2.75, 3.05) is 11.8 Å². The molecule has 2 aliphatic carbocycles. The van der Waals surface area contributed by atoms with Gasteiger partial charge in [0.1, 0.15) is 0 Å². The zero-order chi connectivity index (χ0) is 16.8. The van der Waals surface area contributed by atoms with Gasteiger partial charge in [-0.1, -0.05) is 20.8 Å². The minimum Gasteiger partial charge on any atom is -0.733 e. The molecule has 2 aliphatic rings. The lowest BCUT2D eigenvalue weighted by Crippen LogP contribution is -2.26. The first kappa shape index (κ1) is 16.3. The molecule has 1 aromatic rings. The van der Waals surface area contributed by atoms with Gasteiger partial charge in [0.25, 0.3) is 0 Å². The van der Waals surface area contributed by atoms with E-state index in [0.717, 1.165) is 6.42 Å². The van der Waals surface area contributed by atoms with Gasteiger partial charge in [-0.3, -0.25) is 5.21 Å². The average Bonchev–Trinajstić information content (AvgIpc) is 2.85. The molecule has 126 valence electrons. The number of carbonyl (C=O) groups excluding carboxylic acids is 1. The summed E-state index contributed by atoms with van der Waals surface area (Å²) in [6.07, 6.45) is 3.60. The van der Waals surface area contributed by atoms with Crippen LogP contribution in [0, 0.1) is 27.9 Å². The third-order valence-electron chi connectivity index (χ3n) is 6.52. The fraction of sp³-hybridized carbons (Fsp3) is 0.611. The zero-order valence-electron chi connectivity index (χ0n) is 13.9. The van der Waals surface area contributed by atoms with Gasteiger partial charge in [0.2, 0.25) is 0 Å². The van der Waals surface area contributed by atoms with Gasteiger partial charge >= 0.3 is 5.97 Å². The maximum absolute atomic E-state index is 12.2. The van der Waals surface area contributed by atoms with Crippen LogP contribution >= 0.6 is 0 Å². The number of anilines is 1. The normalized spacial score (nSPS) is 31.2. The van der Waals surface area contributed by atoms with Gasteiger partial charge in [-0.25, -0.2) is 4.79 Å². The SMILES string of the molecule is CC1(C)[C@H]2CC[C@]1(C)C[C@@H]2COC(=O)c1ccc(N([O-])O)cc1. The smallest absolute Gasteiger partial charge is 0.338 e. The topological polar surface area (TPSA) is 72.8 Å². The van der Waals surface area contributed by atoms with E-state index in [1.165, 1.54) is 37.1 Å². The van der Waals surface area contributed by atoms with Gasteiger partial charge in [0.05, 0.1) is 17.9 Å². The highest BCUT2D eigenvalue weighted by atomic mass is 16.8. The number of esters is 1. The Morgan fingerprint density at radius 3 is 2.48 bits per heavy atom. The molecule has 2 bridgehead atoms. The molecule has 1 N–H and O–H groups in total. The second-order valence-corrected chi connectivity index (χ2v) is 7.81. The lowest BCUT2D eigenvalue weighted by Gasteiger charge is -2.34. The van der Waals surface area contributed by atoms with E-state index in [1.54, 1.807) is 0 Å². The third kappa shape index (κ3) is 2.62. The van der Waals surface area contributed by atoms with Crippen LogP contribution in [-0.4, -0.2) is 17.8 Å². The molecule has 0 aliphatic heterocycles. The molecule has 0 radical (unpaired) electrons. The molecule has 3 rings (SSSR count). The first-order chi connectivity index (χ1) is 10.7. The van der Waals surface area contributed by atoms with Crippen LogP contribution in [0.3, 0.4) is 0 Å². The standard InChI is InChI=1S/C18H24NO4/c1-17(2)15-8-9-18(17,3)10-13(15)11-23-16(20)12-4-6-14(7-5-12)19(21)22/h4-7,13,15,21H,8-11H2,1-3H3/q-1/t13-,15+,18-/m1/s1. The van der Waals surface area contributed by atoms with Crippen molar-refractivity contribution >= 4 is 11.7 Å². The highest BCUT2D eigenvalue weighted by molar-refractivity contribution is 5.89. The number of nitrogens with zero attached hydrogens (tertiary/aromatic N) is 1. The fourth-order valence-electron chi connectivity index (χ4n) is 4.68. The van der Waals surface area contributed by atoms with Gasteiger partial charge in [-0.15, -0.1) is 0 Å². The number of ether oxygens (including phenoxy) is 1. The summed E-state index contributed by atoms with van der Waals surface area (Å²) in [5, 5.41) is 19.3. The number of hydrogen-bond acceptors (Lipinski definition) is 5. The third-order valence-corrected chi connectivity index (χ3v) is 6.52. The molecule has 0 saturated heterocycles. The van der Waals surface area contributed by atoms with Crippen LogP contribution in [-0.2, 0) is 4.74 Å². The van der Waals surface area contributed by atoms with E-state index in [1.807, 2.05) is 0 Å². The van der Waals surface area contributed by atoms with E-state index in [9.17, 15) is 10.0 Å². The van der Waals surface area contributed by atoms with E-state index >= 15 is 0 Å². The van der Waals surface area contributed by atoms with E-state index in [2.05, 4.69) is 20.8 Å². The summed E-state index contributed by atoms with van der Waals surface area (Å²) < 4.78 is 5.51. The Kier molecular flexibility index (Phi) is 3.89. The molecule has 1 aromatic carbocycles. The average molecular weight is 318 g/mol. The van der Waals surface area contributed by atoms with Crippen LogP contribution in [0.5, 0.6) is 0 Å². The van der Waals surface area contributed by atoms with E-state index in [0.29, 0.717) is 34.8 Å². The number of hydrogen-bond donors (Lipinski definition) is 1. The van der Waals surface area contributed by atoms with Crippen molar-refractivity contribution in [3.63, 3.8) is 0 Å². The first-order valence-electron chi connectivity index (χ1n) is 8.18. The molecule has 5 heteroatoms. The second kappa shape index (κ2) is 5.49. The van der Waals surface area contributed by atoms with Crippen molar-refractivity contribution in [1.82, 2.24) is 0 Å². The quantitative estimate of drug-likeness (QED) is 0.671. The Labute approximate surface area is 136 Å². The molecule has 3 atom stereocenters. The van der Waals surface area contributed by atoms with Crippen molar-refractivity contribution in [3.05, 3.63) is 35.0 Å². The van der Waals surface area contributed by atoms with Crippen LogP contribution < -0.4 is 5.23 Å². The molecule has 0 aromatic heterocycles. The van der Waals surface area contributed by atoms with Crippen LogP contribution in [0.15, 0.2) is 24.3 Å². The fourth-order valence-corrected chi connectivity index (χ4v) is 4.68. The molecule has 2 saturated carbocycles. The summed E-state index contributed by atoms with van der Waals surface area (Å²) in [4.78, 5) is 12.2. The molecule has 0 amide bonds. The van der Waals surface area contributed by atoms with E-state index < -0.39 is 0 Å². The summed E-state index contributed by atoms with van der Waals surface area (Å²) in [6.45, 7) is 7.50. The molecular formula is C18H24NO4-. The summed E-state index contributed by atoms with van der Waals surface area (Å²) in [5.41, 5.74) is 1.15. The van der Waals surface area contributed by atoms with Crippen molar-refractivity contribution in [2.45, 2.75) is 40.0 Å². The monoisotopic (exact) mass is 318 g/mol. The van der Waals surface area contributed by atoms with Crippen molar-refractivity contribution in [3.8, 4) is 0 Å². The maximum atomic E-state index is 12.2. The highest BCUT2D eigenvalue weighted by Crippen LogP contribution is 2.67. The van der Waals surface area contributed by atoms with Gasteiger partial charge in [0, 0.05) is 0 Å². The van der Waals surface area contributed by atoms with E-state index in [4.69, 9.17) is 9.94 Å². The Hall–Kier alpha value is -1.59. The lowest BCUT2D eigenvalue weighted by molar-refractivity contribution is 0.0373. The van der Waals surface area contributed by atoms with Crippen LogP contribution in [0.2, 0.25) is 0 Å². The number of fused-ring (bicyclic) bond motifs is 2. The first-order valence-corrected chi connectivity index (χ1v) is 8.18. The number of carbonyl (C=O) groups is 1. The molecule has 0 spiro atoms. The summed E-state index contributed by atoms with van der Waals surface area (Å²) in [5.74, 6) is 0.672. The molecule has 0 heterocycles. The number of benzene rings is 1. The molecular weight excluding hydrogens is 294 g/mol. The Morgan fingerprint density at radius 2 is 2.00 bits per heavy atom. The van der Waals surface area contributed by atoms with Crippen LogP contribution in [0.4, 0.5) is 5.69 Å². The predicted molar refractivity (Wildman–Crippen MR) is 87.1 cm³/mol. The molecule has 23 heavy (non-hydrogen) atoms. The van der Waals surface area contributed by atoms with Crippen LogP contribution in [0.25, 0.3) is 0 Å². The largest absolute Gasteiger partial charge is 0.733 e. The van der Waals surface area contributed by atoms with Gasteiger partial charge in [-0.2, -0.15) is 0 Å². The van der Waals surface area contributed by atoms with Crippen molar-refractivity contribution in [2.24, 2.45) is 22.7 Å². The minimum atomic E-state index is -0.377. The number of rotatable bonds is 4. The second-order valence-electron chi connectivity index (χ2n) is 7.81. The Morgan fingerprint density at radius 1 is 1.35 bits per heavy atom. The summed E-state index contributed by atoms with van der Waals surface area (Å²) in [7, 11) is 0. The van der Waals surface area contributed by atoms with E-state index in [-0.39, 0.29) is 16.9 Å². The van der Waals surface area contributed by atoms with Gasteiger partial charge in [0.15, 0.2) is 0 Å². The molecule has 0 unspecified atom stereocenters. The minimum absolute atomic E-state index is 0.0873. The van der Waals surface area contributed by atoms with Gasteiger partial charge in [-0.05, 0) is 66.2 Å². The maximum Gasteiger partial charge on any atom is 0.338 e. The Balaban J connectivity index is 1.60. The highest BCUT2D eigenvalue weighted by Gasteiger charge is 2.60. The molecule has 5 nitrogen and oxygen atoms in total. The summed E-state index contributed by atoms with van der Waals surface area (Å²) >= 11 is 0. The lowest BCUT2D eigenvalue weighted by atomic mass is 9.71. The van der Waals surface area contributed by atoms with Gasteiger partial charge < -0.3 is 15.2 Å². The predicted octanol–water partition coefficient (Wildman–Crippen LogP) is 4.00. The van der Waals surface area contributed by atoms with Crippen molar-refractivity contribution < 1.29 is 14.7 Å². The Bertz CT molecular complexity index is 593. The van der Waals surface area contributed by atoms with Crippen molar-refractivity contribution in [1.29, 1.82) is 0 Å². The molecule has 2 fully saturated rings. The van der Waals surface area contributed by atoms with Crippen LogP contribution in [0.1, 0.15) is 50.4 Å².